The molecule has 2 aliphatic heterocycles. The third-order valence-electron chi connectivity index (χ3n) is 5.16. The first-order valence-electron chi connectivity index (χ1n) is 10.3. The minimum atomic E-state index is 0.0509. The van der Waals surface area contributed by atoms with E-state index >= 15 is 0 Å². The van der Waals surface area contributed by atoms with Crippen LogP contribution in [0.15, 0.2) is 23.3 Å². The van der Waals surface area contributed by atoms with E-state index in [0.29, 0.717) is 18.9 Å². The van der Waals surface area contributed by atoms with E-state index < -0.39 is 0 Å². The van der Waals surface area contributed by atoms with Gasteiger partial charge in [0.2, 0.25) is 0 Å². The minimum Gasteiger partial charge on any atom is -0.493 e. The number of ether oxygens (including phenoxy) is 2. The van der Waals surface area contributed by atoms with Crippen molar-refractivity contribution in [2.45, 2.75) is 44.8 Å². The highest BCUT2D eigenvalue weighted by molar-refractivity contribution is 8.14. The molecule has 0 spiro atoms. The van der Waals surface area contributed by atoms with Crippen molar-refractivity contribution < 1.29 is 14.3 Å². The average Bonchev–Trinajstić information content (AvgIpc) is 3.23. The molecule has 1 saturated heterocycles. The van der Waals surface area contributed by atoms with Crippen LogP contribution in [0.4, 0.5) is 4.79 Å². The molecule has 1 amide bonds. The number of hydrogen-bond acceptors (Lipinski definition) is 6. The molecule has 1 aromatic rings. The Labute approximate surface area is 172 Å². The fourth-order valence-electron chi connectivity index (χ4n) is 3.69. The molecule has 0 bridgehead atoms. The Kier molecular flexibility index (Phi) is 7.62. The van der Waals surface area contributed by atoms with Crippen LogP contribution in [-0.4, -0.2) is 66.0 Å². The van der Waals surface area contributed by atoms with Crippen molar-refractivity contribution in [3.05, 3.63) is 23.8 Å². The Hall–Kier alpha value is -1.73. The van der Waals surface area contributed by atoms with Gasteiger partial charge in [0.1, 0.15) is 0 Å². The van der Waals surface area contributed by atoms with Gasteiger partial charge in [-0.3, -0.25) is 4.79 Å². The maximum atomic E-state index is 12.6. The van der Waals surface area contributed by atoms with Gasteiger partial charge in [0.25, 0.3) is 0 Å². The van der Waals surface area contributed by atoms with Crippen LogP contribution in [-0.2, 0) is 0 Å². The molecule has 28 heavy (non-hydrogen) atoms. The summed E-state index contributed by atoms with van der Waals surface area (Å²) in [7, 11) is 1.64. The topological polar surface area (TPSA) is 54.4 Å². The molecule has 0 aromatic heterocycles. The number of hydrogen-bond donors (Lipinski definition) is 0. The number of amides is 1. The molecular formula is C21H31N3O3S. The first-order chi connectivity index (χ1) is 13.7. The summed E-state index contributed by atoms with van der Waals surface area (Å²) in [5, 5.41) is 6.52. The molecular weight excluding hydrogens is 374 g/mol. The average molecular weight is 406 g/mol. The van der Waals surface area contributed by atoms with Crippen molar-refractivity contribution in [2.24, 2.45) is 5.10 Å². The highest BCUT2D eigenvalue weighted by Gasteiger charge is 2.30. The van der Waals surface area contributed by atoms with Gasteiger partial charge in [-0.25, -0.2) is 5.01 Å². The van der Waals surface area contributed by atoms with E-state index in [1.165, 1.54) is 37.7 Å². The Bertz CT molecular complexity index is 704. The van der Waals surface area contributed by atoms with Gasteiger partial charge in [-0.1, -0.05) is 18.7 Å². The van der Waals surface area contributed by atoms with Gasteiger partial charge in [0.05, 0.1) is 24.7 Å². The zero-order valence-corrected chi connectivity index (χ0v) is 18.0. The minimum absolute atomic E-state index is 0.0509. The Morgan fingerprint density at radius 3 is 2.64 bits per heavy atom. The molecule has 7 heteroatoms. The van der Waals surface area contributed by atoms with E-state index in [0.717, 1.165) is 36.4 Å². The summed E-state index contributed by atoms with van der Waals surface area (Å²) in [6.07, 6.45) is 4.38. The Morgan fingerprint density at radius 1 is 1.18 bits per heavy atom. The molecule has 2 heterocycles. The molecule has 1 fully saturated rings. The molecule has 154 valence electrons. The van der Waals surface area contributed by atoms with Crippen LogP contribution >= 0.6 is 11.8 Å². The summed E-state index contributed by atoms with van der Waals surface area (Å²) in [5.41, 5.74) is 1.92. The summed E-state index contributed by atoms with van der Waals surface area (Å²) in [5.74, 6) is 1.42. The number of rotatable bonds is 9. The first-order valence-corrected chi connectivity index (χ1v) is 11.1. The van der Waals surface area contributed by atoms with E-state index in [1.807, 2.05) is 25.1 Å². The largest absolute Gasteiger partial charge is 0.493 e. The molecule has 0 saturated carbocycles. The number of hydrazone groups is 1. The fourth-order valence-corrected chi connectivity index (χ4v) is 4.65. The molecule has 0 radical (unpaired) electrons. The monoisotopic (exact) mass is 405 g/mol. The summed E-state index contributed by atoms with van der Waals surface area (Å²) in [6.45, 7) is 8.69. The molecule has 1 atom stereocenters. The quantitative estimate of drug-likeness (QED) is 0.615. The van der Waals surface area contributed by atoms with Crippen molar-refractivity contribution in [3.8, 4) is 11.5 Å². The second-order valence-electron chi connectivity index (χ2n) is 7.09. The number of thioether (sulfide) groups is 1. The second kappa shape index (κ2) is 10.2. The van der Waals surface area contributed by atoms with E-state index in [1.54, 1.807) is 12.1 Å². The van der Waals surface area contributed by atoms with Crippen LogP contribution in [0.3, 0.4) is 0 Å². The van der Waals surface area contributed by atoms with Gasteiger partial charge < -0.3 is 14.4 Å². The van der Waals surface area contributed by atoms with Crippen LogP contribution in [0.2, 0.25) is 0 Å². The third-order valence-corrected chi connectivity index (χ3v) is 6.41. The van der Waals surface area contributed by atoms with Crippen molar-refractivity contribution in [1.82, 2.24) is 9.91 Å². The van der Waals surface area contributed by atoms with Gasteiger partial charge in [-0.15, -0.1) is 0 Å². The highest BCUT2D eigenvalue weighted by atomic mass is 32.2. The molecule has 1 unspecified atom stereocenters. The molecule has 0 N–H and O–H groups in total. The molecule has 3 rings (SSSR count). The molecule has 0 aliphatic carbocycles. The van der Waals surface area contributed by atoms with Gasteiger partial charge in [0, 0.05) is 12.1 Å². The van der Waals surface area contributed by atoms with Crippen LogP contribution in [0.25, 0.3) is 0 Å². The van der Waals surface area contributed by atoms with Crippen LogP contribution in [0, 0.1) is 0 Å². The molecule has 6 nitrogen and oxygen atoms in total. The van der Waals surface area contributed by atoms with E-state index in [4.69, 9.17) is 14.6 Å². The lowest BCUT2D eigenvalue weighted by molar-refractivity contribution is 0.219. The number of carbonyl (C=O) groups excluding carboxylic acids is 1. The van der Waals surface area contributed by atoms with Gasteiger partial charge in [-0.05, 0) is 70.4 Å². The third kappa shape index (κ3) is 5.00. The van der Waals surface area contributed by atoms with E-state index in [9.17, 15) is 4.79 Å². The maximum Gasteiger partial charge on any atom is 0.302 e. The van der Waals surface area contributed by atoms with Gasteiger partial charge in [-0.2, -0.15) is 5.10 Å². The SMILES string of the molecule is CCOc1ccc(C2=NN(CCCN3CCCC3)C(=O)SC2CC)cc1OC. The highest BCUT2D eigenvalue weighted by Crippen LogP contribution is 2.33. The van der Waals surface area contributed by atoms with Crippen molar-refractivity contribution >= 4 is 22.7 Å². The second-order valence-corrected chi connectivity index (χ2v) is 8.24. The van der Waals surface area contributed by atoms with E-state index in [2.05, 4.69) is 11.8 Å². The van der Waals surface area contributed by atoms with Crippen LogP contribution in [0.1, 0.15) is 45.1 Å². The number of carbonyl (C=O) groups is 1. The first kappa shape index (κ1) is 21.0. The van der Waals surface area contributed by atoms with Crippen molar-refractivity contribution in [3.63, 3.8) is 0 Å². The smallest absolute Gasteiger partial charge is 0.302 e. The lowest BCUT2D eigenvalue weighted by Gasteiger charge is -2.29. The molecule has 1 aromatic carbocycles. The number of benzene rings is 1. The maximum absolute atomic E-state index is 12.6. The van der Waals surface area contributed by atoms with Crippen LogP contribution in [0.5, 0.6) is 11.5 Å². The molecule has 2 aliphatic rings. The summed E-state index contributed by atoms with van der Waals surface area (Å²) in [6, 6.07) is 5.89. The predicted molar refractivity (Wildman–Crippen MR) is 115 cm³/mol. The number of likely N-dealkylation sites (tertiary alicyclic amines) is 1. The zero-order valence-electron chi connectivity index (χ0n) is 17.1. The fraction of sp³-hybridized carbons (Fsp3) is 0.619. The summed E-state index contributed by atoms with van der Waals surface area (Å²) < 4.78 is 11.1. The number of nitrogens with zero attached hydrogens (tertiary/aromatic N) is 3. The zero-order chi connectivity index (χ0) is 19.9. The predicted octanol–water partition coefficient (Wildman–Crippen LogP) is 4.23. The Morgan fingerprint density at radius 2 is 1.96 bits per heavy atom. The van der Waals surface area contributed by atoms with Gasteiger partial charge in [0.15, 0.2) is 11.5 Å². The summed E-state index contributed by atoms with van der Waals surface area (Å²) in [4.78, 5) is 15.0. The van der Waals surface area contributed by atoms with Crippen LogP contribution < -0.4 is 9.47 Å². The normalized spacial score (nSPS) is 20.4. The van der Waals surface area contributed by atoms with E-state index in [-0.39, 0.29) is 10.5 Å². The lowest BCUT2D eigenvalue weighted by Crippen LogP contribution is -2.36. The lowest BCUT2D eigenvalue weighted by atomic mass is 10.0. The van der Waals surface area contributed by atoms with Gasteiger partial charge >= 0.3 is 5.24 Å². The van der Waals surface area contributed by atoms with Crippen molar-refractivity contribution in [1.29, 1.82) is 0 Å². The standard InChI is InChI=1S/C21H31N3O3S/c1-4-19-20(16-9-10-17(27-5-2)18(15-16)26-3)22-24(21(25)28-19)14-8-13-23-11-6-7-12-23/h9-10,15,19H,4-8,11-14H2,1-3H3. The Balaban J connectivity index is 1.76. The summed E-state index contributed by atoms with van der Waals surface area (Å²) >= 11 is 1.38. The van der Waals surface area contributed by atoms with Crippen molar-refractivity contribution in [2.75, 3.05) is 39.9 Å². The number of methoxy groups -OCH3 is 1.